The van der Waals surface area contributed by atoms with Crippen molar-refractivity contribution in [3.05, 3.63) is 64.8 Å². The fourth-order valence-electron chi connectivity index (χ4n) is 3.09. The summed E-state index contributed by atoms with van der Waals surface area (Å²) < 4.78 is 7.73. The molecule has 28 heavy (non-hydrogen) atoms. The molecule has 1 amide bonds. The van der Waals surface area contributed by atoms with Gasteiger partial charge in [-0.3, -0.25) is 14.5 Å². The lowest BCUT2D eigenvalue weighted by molar-refractivity contribution is -0.131. The summed E-state index contributed by atoms with van der Waals surface area (Å²) >= 11 is 6.60. The molecule has 0 atom stereocenters. The van der Waals surface area contributed by atoms with Crippen molar-refractivity contribution >= 4 is 46.3 Å². The molecule has 1 fully saturated rings. The van der Waals surface area contributed by atoms with Gasteiger partial charge in [-0.15, -0.1) is 6.58 Å². The van der Waals surface area contributed by atoms with Gasteiger partial charge in [-0.05, 0) is 55.8 Å². The molecule has 2 aromatic rings. The molecule has 7 heteroatoms. The maximum atomic E-state index is 12.6. The zero-order valence-electron chi connectivity index (χ0n) is 15.9. The van der Waals surface area contributed by atoms with Crippen LogP contribution < -0.4 is 4.74 Å². The summed E-state index contributed by atoms with van der Waals surface area (Å²) in [6, 6.07) is 9.35. The molecule has 144 valence electrons. The molecular formula is C21H20N2O3S2. The number of hydrogen-bond donors (Lipinski definition) is 0. The Morgan fingerprint density at radius 2 is 1.96 bits per heavy atom. The van der Waals surface area contributed by atoms with Crippen molar-refractivity contribution in [3.63, 3.8) is 0 Å². The van der Waals surface area contributed by atoms with Crippen molar-refractivity contribution in [2.75, 3.05) is 6.54 Å². The summed E-state index contributed by atoms with van der Waals surface area (Å²) in [7, 11) is 0. The smallest absolute Gasteiger partial charge is 0.308 e. The normalized spacial score (nSPS) is 15.4. The number of carbonyl (C=O) groups is 2. The van der Waals surface area contributed by atoms with Crippen LogP contribution in [0.15, 0.2) is 47.9 Å². The Hall–Kier alpha value is -2.64. The largest absolute Gasteiger partial charge is 0.427 e. The van der Waals surface area contributed by atoms with Gasteiger partial charge in [0.1, 0.15) is 10.1 Å². The monoisotopic (exact) mass is 412 g/mol. The highest BCUT2D eigenvalue weighted by atomic mass is 32.2. The summed E-state index contributed by atoms with van der Waals surface area (Å²) in [5.74, 6) is 0.0624. The van der Waals surface area contributed by atoms with Crippen LogP contribution in [-0.4, -0.2) is 32.2 Å². The van der Waals surface area contributed by atoms with E-state index in [4.69, 9.17) is 17.0 Å². The predicted octanol–water partition coefficient (Wildman–Crippen LogP) is 4.41. The van der Waals surface area contributed by atoms with Crippen LogP contribution in [0.3, 0.4) is 0 Å². The first-order chi connectivity index (χ1) is 13.3. The van der Waals surface area contributed by atoms with E-state index in [0.29, 0.717) is 21.5 Å². The number of benzene rings is 1. The molecule has 1 saturated heterocycles. The van der Waals surface area contributed by atoms with Gasteiger partial charge in [0.05, 0.1) is 4.91 Å². The highest BCUT2D eigenvalue weighted by Gasteiger charge is 2.31. The third kappa shape index (κ3) is 3.95. The lowest BCUT2D eigenvalue weighted by atomic mass is 10.2. The van der Waals surface area contributed by atoms with Gasteiger partial charge in [0.15, 0.2) is 0 Å². The first-order valence-corrected chi connectivity index (χ1v) is 9.88. The first-order valence-electron chi connectivity index (χ1n) is 8.66. The van der Waals surface area contributed by atoms with Crippen molar-refractivity contribution < 1.29 is 14.3 Å². The second kappa shape index (κ2) is 8.16. The number of carbonyl (C=O) groups excluding carboxylic acids is 2. The van der Waals surface area contributed by atoms with Crippen LogP contribution in [0.25, 0.3) is 11.8 Å². The maximum Gasteiger partial charge on any atom is 0.308 e. The fourth-order valence-corrected chi connectivity index (χ4v) is 4.35. The van der Waals surface area contributed by atoms with Gasteiger partial charge in [-0.2, -0.15) is 0 Å². The van der Waals surface area contributed by atoms with Gasteiger partial charge in [0.25, 0.3) is 5.91 Å². The number of esters is 1. The molecule has 2 heterocycles. The van der Waals surface area contributed by atoms with E-state index in [1.807, 2.05) is 38.1 Å². The number of thioether (sulfide) groups is 1. The summed E-state index contributed by atoms with van der Waals surface area (Å²) in [6.07, 6.45) is 3.55. The van der Waals surface area contributed by atoms with E-state index in [2.05, 4.69) is 11.1 Å². The van der Waals surface area contributed by atoms with Gasteiger partial charge in [-0.1, -0.05) is 30.1 Å². The zero-order valence-corrected chi connectivity index (χ0v) is 17.5. The molecule has 1 aromatic heterocycles. The second-order valence-corrected chi connectivity index (χ2v) is 8.01. The Kier molecular flexibility index (Phi) is 5.86. The van der Waals surface area contributed by atoms with Gasteiger partial charge >= 0.3 is 5.97 Å². The quantitative estimate of drug-likeness (QED) is 0.239. The average molecular weight is 413 g/mol. The van der Waals surface area contributed by atoms with Crippen LogP contribution in [-0.2, 0) is 9.59 Å². The highest BCUT2D eigenvalue weighted by Crippen LogP contribution is 2.34. The van der Waals surface area contributed by atoms with Crippen LogP contribution in [0.2, 0.25) is 0 Å². The molecule has 1 aliphatic rings. The molecule has 0 aliphatic carbocycles. The zero-order chi connectivity index (χ0) is 20.4. The van der Waals surface area contributed by atoms with E-state index < -0.39 is 0 Å². The van der Waals surface area contributed by atoms with Gasteiger partial charge < -0.3 is 9.30 Å². The van der Waals surface area contributed by atoms with Gasteiger partial charge in [0, 0.05) is 30.5 Å². The Bertz CT molecular complexity index is 1000. The molecule has 1 aromatic carbocycles. The number of rotatable bonds is 5. The van der Waals surface area contributed by atoms with Crippen molar-refractivity contribution in [2.24, 2.45) is 0 Å². The van der Waals surface area contributed by atoms with Crippen LogP contribution in [0.1, 0.15) is 23.9 Å². The molecule has 0 spiro atoms. The van der Waals surface area contributed by atoms with Crippen molar-refractivity contribution in [2.45, 2.75) is 20.8 Å². The van der Waals surface area contributed by atoms with Crippen LogP contribution in [0.5, 0.6) is 5.75 Å². The second-order valence-electron chi connectivity index (χ2n) is 6.33. The summed E-state index contributed by atoms with van der Waals surface area (Å²) in [6.45, 7) is 9.47. The lowest BCUT2D eigenvalue weighted by Gasteiger charge is -2.11. The number of nitrogens with zero attached hydrogens (tertiary/aromatic N) is 2. The summed E-state index contributed by atoms with van der Waals surface area (Å²) in [5.41, 5.74) is 3.95. The molecule has 0 N–H and O–H groups in total. The van der Waals surface area contributed by atoms with E-state index in [1.54, 1.807) is 23.1 Å². The summed E-state index contributed by atoms with van der Waals surface area (Å²) in [4.78, 5) is 25.8. The van der Waals surface area contributed by atoms with Gasteiger partial charge in [-0.25, -0.2) is 0 Å². The Morgan fingerprint density at radius 3 is 2.57 bits per heavy atom. The number of aryl methyl sites for hydroxylation is 1. The minimum absolute atomic E-state index is 0.0922. The lowest BCUT2D eigenvalue weighted by Crippen LogP contribution is -2.27. The molecule has 5 nitrogen and oxygen atoms in total. The molecule has 0 saturated carbocycles. The van der Waals surface area contributed by atoms with Gasteiger partial charge in [0.2, 0.25) is 0 Å². The number of amides is 1. The van der Waals surface area contributed by atoms with Crippen molar-refractivity contribution in [1.29, 1.82) is 0 Å². The van der Waals surface area contributed by atoms with E-state index in [-0.39, 0.29) is 11.9 Å². The van der Waals surface area contributed by atoms with E-state index in [9.17, 15) is 9.59 Å². The SMILES string of the molecule is C=CCN1C(=O)/C(=C/c2cc(C)n(-c3ccc(OC(C)=O)cc3)c2C)SC1=S. The number of aromatic nitrogens is 1. The average Bonchev–Trinajstić information content (AvgIpc) is 3.06. The standard InChI is InChI=1S/C21H20N2O3S2/c1-5-10-22-20(25)19(28-21(22)27)12-16-11-13(2)23(14(16)3)17-6-8-18(9-7-17)26-15(4)24/h5-9,11-12H,1,10H2,2-4H3/b19-12-. The molecule has 1 aliphatic heterocycles. The minimum Gasteiger partial charge on any atom is -0.427 e. The topological polar surface area (TPSA) is 51.5 Å². The van der Waals surface area contributed by atoms with Crippen LogP contribution >= 0.6 is 24.0 Å². The van der Waals surface area contributed by atoms with E-state index in [0.717, 1.165) is 22.6 Å². The Labute approximate surface area is 173 Å². The highest BCUT2D eigenvalue weighted by molar-refractivity contribution is 8.26. The minimum atomic E-state index is -0.350. The van der Waals surface area contributed by atoms with Crippen molar-refractivity contribution in [3.8, 4) is 11.4 Å². The number of ether oxygens (including phenoxy) is 1. The fraction of sp³-hybridized carbons (Fsp3) is 0.190. The molecule has 0 bridgehead atoms. The Balaban J connectivity index is 1.92. The predicted molar refractivity (Wildman–Crippen MR) is 117 cm³/mol. The molecule has 0 unspecified atom stereocenters. The van der Waals surface area contributed by atoms with E-state index in [1.165, 1.54) is 18.7 Å². The third-order valence-electron chi connectivity index (χ3n) is 4.30. The van der Waals surface area contributed by atoms with Crippen LogP contribution in [0, 0.1) is 13.8 Å². The maximum absolute atomic E-state index is 12.6. The van der Waals surface area contributed by atoms with Crippen molar-refractivity contribution in [1.82, 2.24) is 9.47 Å². The molecule has 3 rings (SSSR count). The third-order valence-corrected chi connectivity index (χ3v) is 5.68. The van der Waals surface area contributed by atoms with E-state index >= 15 is 0 Å². The molecule has 0 radical (unpaired) electrons. The van der Waals surface area contributed by atoms with Crippen LogP contribution in [0.4, 0.5) is 0 Å². The molecular weight excluding hydrogens is 392 g/mol. The number of thiocarbonyl (C=S) groups is 1. The number of hydrogen-bond acceptors (Lipinski definition) is 5. The first kappa shape index (κ1) is 20.1. The Morgan fingerprint density at radius 1 is 1.29 bits per heavy atom. The summed E-state index contributed by atoms with van der Waals surface area (Å²) in [5, 5.41) is 0.